The number of carbonyl (C=O) groups is 1. The molecule has 1 N–H and O–H groups in total. The number of hydrogen-bond acceptors (Lipinski definition) is 4. The van der Waals surface area contributed by atoms with Crippen molar-refractivity contribution in [1.82, 2.24) is 10.3 Å². The van der Waals surface area contributed by atoms with Crippen LogP contribution >= 0.6 is 11.3 Å². The Labute approximate surface area is 118 Å². The van der Waals surface area contributed by atoms with E-state index in [0.29, 0.717) is 19.1 Å². The first-order chi connectivity index (χ1) is 9.01. The van der Waals surface area contributed by atoms with Crippen molar-refractivity contribution in [2.45, 2.75) is 58.1 Å². The maximum atomic E-state index is 12.2. The summed E-state index contributed by atoms with van der Waals surface area (Å²) < 4.78 is 5.63. The van der Waals surface area contributed by atoms with E-state index < -0.39 is 5.60 Å². The van der Waals surface area contributed by atoms with Gasteiger partial charge in [-0.25, -0.2) is 4.98 Å². The van der Waals surface area contributed by atoms with E-state index in [1.165, 1.54) is 0 Å². The van der Waals surface area contributed by atoms with Gasteiger partial charge in [-0.05, 0) is 26.2 Å². The smallest absolute Gasteiger partial charge is 0.252 e. The number of thiazole rings is 1. The summed E-state index contributed by atoms with van der Waals surface area (Å²) in [5.41, 5.74) is 0.274. The van der Waals surface area contributed by atoms with E-state index >= 15 is 0 Å². The monoisotopic (exact) mass is 282 g/mol. The number of carbonyl (C=O) groups excluding carboxylic acids is 1. The standard InChI is InChI=1S/C14H22N2O2S/c1-10(2)12-16-11(9-19-12)8-15-13(17)14(3)6-4-5-7-18-14/h9-10H,4-8H2,1-3H3,(H,15,17). The Morgan fingerprint density at radius 1 is 1.58 bits per heavy atom. The highest BCUT2D eigenvalue weighted by Gasteiger charge is 2.35. The van der Waals surface area contributed by atoms with Gasteiger partial charge in [0.25, 0.3) is 5.91 Å². The minimum Gasteiger partial charge on any atom is -0.365 e. The second-order valence-corrected chi connectivity index (χ2v) is 6.44. The highest BCUT2D eigenvalue weighted by Crippen LogP contribution is 2.25. The van der Waals surface area contributed by atoms with Gasteiger partial charge in [-0.15, -0.1) is 11.3 Å². The van der Waals surface area contributed by atoms with Crippen molar-refractivity contribution in [1.29, 1.82) is 0 Å². The van der Waals surface area contributed by atoms with E-state index in [1.807, 2.05) is 12.3 Å². The van der Waals surface area contributed by atoms with Crippen LogP contribution in [0.5, 0.6) is 0 Å². The zero-order chi connectivity index (χ0) is 13.9. The van der Waals surface area contributed by atoms with E-state index in [4.69, 9.17) is 4.74 Å². The molecule has 5 heteroatoms. The first-order valence-electron chi connectivity index (χ1n) is 6.88. The fourth-order valence-electron chi connectivity index (χ4n) is 2.14. The fourth-order valence-corrected chi connectivity index (χ4v) is 2.97. The predicted molar refractivity (Wildman–Crippen MR) is 76.3 cm³/mol. The van der Waals surface area contributed by atoms with Crippen molar-refractivity contribution < 1.29 is 9.53 Å². The second-order valence-electron chi connectivity index (χ2n) is 5.55. The van der Waals surface area contributed by atoms with E-state index in [-0.39, 0.29) is 5.91 Å². The van der Waals surface area contributed by atoms with E-state index in [0.717, 1.165) is 30.0 Å². The third kappa shape index (κ3) is 3.54. The lowest BCUT2D eigenvalue weighted by Gasteiger charge is -2.32. The summed E-state index contributed by atoms with van der Waals surface area (Å²) in [6.07, 6.45) is 2.90. The normalized spacial score (nSPS) is 23.6. The number of ether oxygens (including phenoxy) is 1. The molecule has 0 saturated carbocycles. The van der Waals surface area contributed by atoms with Crippen molar-refractivity contribution in [3.63, 3.8) is 0 Å². The zero-order valence-corrected chi connectivity index (χ0v) is 12.7. The van der Waals surface area contributed by atoms with Gasteiger partial charge in [-0.3, -0.25) is 4.79 Å². The molecule has 2 heterocycles. The summed E-state index contributed by atoms with van der Waals surface area (Å²) in [6, 6.07) is 0. The van der Waals surface area contributed by atoms with Crippen LogP contribution in [-0.4, -0.2) is 23.1 Å². The molecule has 1 aliphatic heterocycles. The first-order valence-corrected chi connectivity index (χ1v) is 7.76. The molecule has 1 aromatic heterocycles. The summed E-state index contributed by atoms with van der Waals surface area (Å²) in [5, 5.41) is 6.07. The van der Waals surface area contributed by atoms with Crippen LogP contribution in [-0.2, 0) is 16.1 Å². The largest absolute Gasteiger partial charge is 0.365 e. The Hall–Kier alpha value is -0.940. The van der Waals surface area contributed by atoms with Gasteiger partial charge in [-0.2, -0.15) is 0 Å². The van der Waals surface area contributed by atoms with E-state index in [2.05, 4.69) is 24.1 Å². The molecule has 1 saturated heterocycles. The van der Waals surface area contributed by atoms with Gasteiger partial charge in [0.05, 0.1) is 17.2 Å². The SMILES string of the molecule is CC(C)c1nc(CNC(=O)C2(C)CCCCO2)cs1. The van der Waals surface area contributed by atoms with Crippen molar-refractivity contribution in [2.24, 2.45) is 0 Å². The quantitative estimate of drug-likeness (QED) is 0.924. The van der Waals surface area contributed by atoms with Crippen LogP contribution in [0.1, 0.15) is 56.7 Å². The number of amides is 1. The molecule has 0 aromatic carbocycles. The highest BCUT2D eigenvalue weighted by molar-refractivity contribution is 7.09. The van der Waals surface area contributed by atoms with Crippen LogP contribution in [0, 0.1) is 0 Å². The molecule has 1 unspecified atom stereocenters. The van der Waals surface area contributed by atoms with Gasteiger partial charge in [0.15, 0.2) is 0 Å². The maximum Gasteiger partial charge on any atom is 0.252 e. The fraction of sp³-hybridized carbons (Fsp3) is 0.714. The Morgan fingerprint density at radius 2 is 2.37 bits per heavy atom. The van der Waals surface area contributed by atoms with E-state index in [1.54, 1.807) is 11.3 Å². The molecule has 0 aliphatic carbocycles. The molecular formula is C14H22N2O2S. The number of nitrogens with zero attached hydrogens (tertiary/aromatic N) is 1. The minimum atomic E-state index is -0.658. The average molecular weight is 282 g/mol. The molecule has 1 aliphatic rings. The third-order valence-electron chi connectivity index (χ3n) is 3.44. The Bertz CT molecular complexity index is 436. The predicted octanol–water partition coefficient (Wildman–Crippen LogP) is 2.84. The number of hydrogen-bond donors (Lipinski definition) is 1. The lowest BCUT2D eigenvalue weighted by molar-refractivity contribution is -0.150. The summed E-state index contributed by atoms with van der Waals surface area (Å²) >= 11 is 1.65. The van der Waals surface area contributed by atoms with Crippen LogP contribution in [0.4, 0.5) is 0 Å². The molecular weight excluding hydrogens is 260 g/mol. The topological polar surface area (TPSA) is 51.2 Å². The van der Waals surface area contributed by atoms with Crippen molar-refractivity contribution in [2.75, 3.05) is 6.61 Å². The van der Waals surface area contributed by atoms with Crippen LogP contribution in [0.2, 0.25) is 0 Å². The average Bonchev–Trinajstić information content (AvgIpc) is 2.85. The minimum absolute atomic E-state index is 0.0219. The Kier molecular flexibility index (Phi) is 4.58. The van der Waals surface area contributed by atoms with E-state index in [9.17, 15) is 4.79 Å². The van der Waals surface area contributed by atoms with Crippen LogP contribution < -0.4 is 5.32 Å². The summed E-state index contributed by atoms with van der Waals surface area (Å²) in [5.74, 6) is 0.417. The van der Waals surface area contributed by atoms with Crippen molar-refractivity contribution >= 4 is 17.2 Å². The number of nitrogens with one attached hydrogen (secondary N) is 1. The molecule has 0 radical (unpaired) electrons. The maximum absolute atomic E-state index is 12.2. The molecule has 0 spiro atoms. The second kappa shape index (κ2) is 6.01. The Balaban J connectivity index is 1.88. The van der Waals surface area contributed by atoms with Gasteiger partial charge in [0, 0.05) is 17.9 Å². The molecule has 19 heavy (non-hydrogen) atoms. The Morgan fingerprint density at radius 3 is 2.95 bits per heavy atom. The van der Waals surface area contributed by atoms with Crippen molar-refractivity contribution in [3.8, 4) is 0 Å². The molecule has 4 nitrogen and oxygen atoms in total. The third-order valence-corrected chi connectivity index (χ3v) is 4.64. The van der Waals surface area contributed by atoms with Gasteiger partial charge in [-0.1, -0.05) is 13.8 Å². The van der Waals surface area contributed by atoms with Crippen LogP contribution in [0.3, 0.4) is 0 Å². The summed E-state index contributed by atoms with van der Waals surface area (Å²) in [4.78, 5) is 16.7. The van der Waals surface area contributed by atoms with Gasteiger partial charge in [0.2, 0.25) is 0 Å². The van der Waals surface area contributed by atoms with Crippen molar-refractivity contribution in [3.05, 3.63) is 16.1 Å². The lowest BCUT2D eigenvalue weighted by atomic mass is 9.95. The van der Waals surface area contributed by atoms with Gasteiger partial charge < -0.3 is 10.1 Å². The molecule has 0 bridgehead atoms. The molecule has 106 valence electrons. The summed E-state index contributed by atoms with van der Waals surface area (Å²) in [6.45, 7) is 7.29. The molecule has 1 fully saturated rings. The molecule has 1 atom stereocenters. The number of aromatic nitrogens is 1. The van der Waals surface area contributed by atoms with Crippen LogP contribution in [0.15, 0.2) is 5.38 Å². The molecule has 2 rings (SSSR count). The van der Waals surface area contributed by atoms with Gasteiger partial charge in [0.1, 0.15) is 5.60 Å². The van der Waals surface area contributed by atoms with Gasteiger partial charge >= 0.3 is 0 Å². The number of rotatable bonds is 4. The summed E-state index contributed by atoms with van der Waals surface area (Å²) in [7, 11) is 0. The highest BCUT2D eigenvalue weighted by atomic mass is 32.1. The zero-order valence-electron chi connectivity index (χ0n) is 11.9. The lowest BCUT2D eigenvalue weighted by Crippen LogP contribution is -2.48. The molecule has 1 aromatic rings. The molecule has 1 amide bonds. The van der Waals surface area contributed by atoms with Crippen LogP contribution in [0.25, 0.3) is 0 Å². The first kappa shape index (κ1) is 14.5.